The number of hydrogen-bond acceptors (Lipinski definition) is 4. The van der Waals surface area contributed by atoms with Gasteiger partial charge in [0.25, 0.3) is 0 Å². The maximum absolute atomic E-state index is 11.5. The maximum atomic E-state index is 11.5. The van der Waals surface area contributed by atoms with Crippen LogP contribution in [0.2, 0.25) is 0 Å². The number of rotatable bonds is 4. The number of nitrogens with one attached hydrogen (secondary N) is 2. The van der Waals surface area contributed by atoms with Gasteiger partial charge in [0.05, 0.1) is 6.54 Å². The van der Waals surface area contributed by atoms with E-state index in [9.17, 15) is 14.4 Å². The highest BCUT2D eigenvalue weighted by Gasteiger charge is 2.26. The first-order valence-electron chi connectivity index (χ1n) is 4.89. The Hall–Kier alpha value is -1.43. The summed E-state index contributed by atoms with van der Waals surface area (Å²) in [6, 6.07) is 0. The highest BCUT2D eigenvalue weighted by molar-refractivity contribution is 6.07. The first kappa shape index (κ1) is 11.6. The van der Waals surface area contributed by atoms with Crippen molar-refractivity contribution >= 4 is 17.7 Å². The molecule has 84 valence electrons. The Morgan fingerprint density at radius 2 is 2.07 bits per heavy atom. The van der Waals surface area contributed by atoms with Gasteiger partial charge in [0.2, 0.25) is 17.7 Å². The second-order valence-electron chi connectivity index (χ2n) is 3.35. The zero-order chi connectivity index (χ0) is 11.3. The molecule has 0 radical (unpaired) electrons. The average Bonchev–Trinajstić information content (AvgIpc) is 2.30. The van der Waals surface area contributed by atoms with Crippen molar-refractivity contribution in [1.29, 1.82) is 0 Å². The molecule has 1 saturated heterocycles. The van der Waals surface area contributed by atoms with Gasteiger partial charge in [0.1, 0.15) is 6.42 Å². The predicted molar refractivity (Wildman–Crippen MR) is 52.9 cm³/mol. The zero-order valence-corrected chi connectivity index (χ0v) is 8.71. The maximum Gasteiger partial charge on any atom is 0.248 e. The van der Waals surface area contributed by atoms with Crippen LogP contribution in [0, 0.1) is 0 Å². The van der Waals surface area contributed by atoms with Crippen molar-refractivity contribution < 1.29 is 14.4 Å². The topological polar surface area (TPSA) is 78.5 Å². The number of hydrogen-bond donors (Lipinski definition) is 2. The highest BCUT2D eigenvalue weighted by atomic mass is 16.2. The molecule has 0 aromatic heterocycles. The molecule has 15 heavy (non-hydrogen) atoms. The second-order valence-corrected chi connectivity index (χ2v) is 3.35. The molecular weight excluding hydrogens is 198 g/mol. The fourth-order valence-electron chi connectivity index (χ4n) is 1.37. The van der Waals surface area contributed by atoms with Crippen LogP contribution in [0.25, 0.3) is 0 Å². The van der Waals surface area contributed by atoms with Crippen molar-refractivity contribution in [2.75, 3.05) is 26.7 Å². The lowest BCUT2D eigenvalue weighted by Crippen LogP contribution is -2.39. The lowest BCUT2D eigenvalue weighted by molar-refractivity contribution is -0.143. The summed E-state index contributed by atoms with van der Waals surface area (Å²) in [5, 5.41) is 5.31. The van der Waals surface area contributed by atoms with Crippen LogP contribution in [0.5, 0.6) is 0 Å². The fourth-order valence-corrected chi connectivity index (χ4v) is 1.37. The summed E-state index contributed by atoms with van der Waals surface area (Å²) in [5.74, 6) is -1.13. The van der Waals surface area contributed by atoms with Crippen LogP contribution in [0.1, 0.15) is 12.8 Å². The third-order valence-electron chi connectivity index (χ3n) is 2.16. The lowest BCUT2D eigenvalue weighted by Gasteiger charge is -2.17. The van der Waals surface area contributed by atoms with E-state index in [1.54, 1.807) is 7.05 Å². The molecule has 0 atom stereocenters. The average molecular weight is 213 g/mol. The van der Waals surface area contributed by atoms with Crippen molar-refractivity contribution in [3.8, 4) is 0 Å². The van der Waals surface area contributed by atoms with E-state index in [4.69, 9.17) is 0 Å². The quantitative estimate of drug-likeness (QED) is 0.337. The van der Waals surface area contributed by atoms with Gasteiger partial charge in [-0.15, -0.1) is 0 Å². The van der Waals surface area contributed by atoms with Gasteiger partial charge in [-0.25, -0.2) is 0 Å². The molecular formula is C9H15N3O3. The van der Waals surface area contributed by atoms with Crippen LogP contribution in [-0.4, -0.2) is 49.3 Å². The molecule has 0 aromatic carbocycles. The molecule has 6 heteroatoms. The molecule has 1 aliphatic rings. The number of carbonyl (C=O) groups is 3. The van der Waals surface area contributed by atoms with Gasteiger partial charge >= 0.3 is 0 Å². The largest absolute Gasteiger partial charge is 0.347 e. The van der Waals surface area contributed by atoms with E-state index in [0.717, 1.165) is 11.4 Å². The minimum Gasteiger partial charge on any atom is -0.347 e. The van der Waals surface area contributed by atoms with Gasteiger partial charge in [-0.1, -0.05) is 0 Å². The van der Waals surface area contributed by atoms with E-state index in [2.05, 4.69) is 10.6 Å². The van der Waals surface area contributed by atoms with E-state index in [1.165, 1.54) is 0 Å². The van der Waals surface area contributed by atoms with Gasteiger partial charge in [-0.3, -0.25) is 19.3 Å². The highest BCUT2D eigenvalue weighted by Crippen LogP contribution is 2.01. The lowest BCUT2D eigenvalue weighted by atomic mass is 10.3. The van der Waals surface area contributed by atoms with E-state index in [0.29, 0.717) is 13.0 Å². The zero-order valence-electron chi connectivity index (χ0n) is 8.71. The van der Waals surface area contributed by atoms with Crippen molar-refractivity contribution in [2.45, 2.75) is 12.8 Å². The molecule has 0 saturated carbocycles. The van der Waals surface area contributed by atoms with Gasteiger partial charge in [0.15, 0.2) is 0 Å². The third kappa shape index (κ3) is 3.32. The monoisotopic (exact) mass is 213 g/mol. The van der Waals surface area contributed by atoms with Crippen LogP contribution in [-0.2, 0) is 14.4 Å². The molecule has 2 N–H and O–H groups in total. The van der Waals surface area contributed by atoms with Gasteiger partial charge in [-0.05, 0) is 20.0 Å². The second kappa shape index (κ2) is 5.45. The molecule has 0 unspecified atom stereocenters. The van der Waals surface area contributed by atoms with Crippen LogP contribution >= 0.6 is 0 Å². The fraction of sp³-hybridized carbons (Fsp3) is 0.667. The van der Waals surface area contributed by atoms with E-state index in [1.807, 2.05) is 0 Å². The standard InChI is InChI=1S/C9H15N3O3/c1-10-3-2-4-12-8(14)5-7(13)11-6-9(12)15/h10H,2-6H2,1H3,(H,11,13). The third-order valence-corrected chi connectivity index (χ3v) is 2.16. The van der Waals surface area contributed by atoms with Crippen molar-refractivity contribution in [3.05, 3.63) is 0 Å². The summed E-state index contributed by atoms with van der Waals surface area (Å²) < 4.78 is 0. The van der Waals surface area contributed by atoms with Crippen molar-refractivity contribution in [3.63, 3.8) is 0 Å². The molecule has 1 fully saturated rings. The van der Waals surface area contributed by atoms with E-state index in [-0.39, 0.29) is 24.8 Å². The Bertz CT molecular complexity index is 278. The molecule has 1 rings (SSSR count). The Morgan fingerprint density at radius 3 is 2.73 bits per heavy atom. The Kier molecular flexibility index (Phi) is 4.23. The molecule has 0 spiro atoms. The summed E-state index contributed by atoms with van der Waals surface area (Å²) in [7, 11) is 1.80. The van der Waals surface area contributed by atoms with Gasteiger partial charge in [0, 0.05) is 6.54 Å². The summed E-state index contributed by atoms with van der Waals surface area (Å²) >= 11 is 0. The van der Waals surface area contributed by atoms with E-state index < -0.39 is 5.91 Å². The van der Waals surface area contributed by atoms with Gasteiger partial charge < -0.3 is 10.6 Å². The van der Waals surface area contributed by atoms with Crippen LogP contribution < -0.4 is 10.6 Å². The molecule has 0 aliphatic carbocycles. The number of amides is 3. The Balaban J connectivity index is 2.54. The minimum absolute atomic E-state index is 0.0792. The molecule has 3 amide bonds. The molecule has 6 nitrogen and oxygen atoms in total. The molecule has 0 bridgehead atoms. The number of carbonyl (C=O) groups excluding carboxylic acids is 3. The first-order valence-corrected chi connectivity index (χ1v) is 4.89. The summed E-state index contributed by atoms with van der Waals surface area (Å²) in [5.41, 5.74) is 0. The normalized spacial score (nSPS) is 17.7. The minimum atomic E-state index is -0.411. The SMILES string of the molecule is CNCCCN1C(=O)CNC(=O)CC1=O. The van der Waals surface area contributed by atoms with Gasteiger partial charge in [-0.2, -0.15) is 0 Å². The predicted octanol–water partition coefficient (Wildman–Crippen LogP) is -1.53. The van der Waals surface area contributed by atoms with Crippen LogP contribution in [0.3, 0.4) is 0 Å². The Morgan fingerprint density at radius 1 is 1.33 bits per heavy atom. The molecule has 0 aromatic rings. The summed E-state index contributed by atoms with van der Waals surface area (Å²) in [6.45, 7) is 1.02. The number of imide groups is 1. The van der Waals surface area contributed by atoms with Crippen molar-refractivity contribution in [2.24, 2.45) is 0 Å². The number of nitrogens with zero attached hydrogens (tertiary/aromatic N) is 1. The smallest absolute Gasteiger partial charge is 0.248 e. The Labute approximate surface area is 88.0 Å². The molecule has 1 heterocycles. The summed E-state index contributed by atoms with van der Waals surface area (Å²) in [6.07, 6.45) is 0.466. The first-order chi connectivity index (χ1) is 7.15. The van der Waals surface area contributed by atoms with Crippen LogP contribution in [0.15, 0.2) is 0 Å². The molecule has 1 aliphatic heterocycles. The summed E-state index contributed by atoms with van der Waals surface area (Å²) in [4.78, 5) is 35.0. The van der Waals surface area contributed by atoms with Crippen LogP contribution in [0.4, 0.5) is 0 Å². The van der Waals surface area contributed by atoms with E-state index >= 15 is 0 Å². The van der Waals surface area contributed by atoms with Crippen molar-refractivity contribution in [1.82, 2.24) is 15.5 Å².